The van der Waals surface area contributed by atoms with Gasteiger partial charge in [0.2, 0.25) is 0 Å². The van der Waals surface area contributed by atoms with Crippen molar-refractivity contribution in [2.75, 3.05) is 0 Å². The largest absolute Gasteiger partial charge is 0.244 e. The maximum absolute atomic E-state index is 14.4. The highest BCUT2D eigenvalue weighted by Gasteiger charge is 2.46. The lowest BCUT2D eigenvalue weighted by Crippen LogP contribution is -2.43. The zero-order valence-corrected chi connectivity index (χ0v) is 72.4. The fraction of sp³-hybridized carbons (Fsp3) is 1.00. The summed E-state index contributed by atoms with van der Waals surface area (Å²) in [4.78, 5) is 0. The van der Waals surface area contributed by atoms with Crippen LogP contribution in [0, 0.1) is 99.6 Å². The third-order valence-corrected chi connectivity index (χ3v) is 24.8. The van der Waals surface area contributed by atoms with Gasteiger partial charge in [-0.15, -0.1) is 0 Å². The van der Waals surface area contributed by atoms with Crippen LogP contribution in [0.1, 0.15) is 413 Å². The van der Waals surface area contributed by atoms with Crippen molar-refractivity contribution in [1.29, 1.82) is 0 Å². The highest BCUT2D eigenvalue weighted by Crippen LogP contribution is 2.47. The van der Waals surface area contributed by atoms with Crippen LogP contribution in [0.4, 0.5) is 35.1 Å². The first-order valence-electron chi connectivity index (χ1n) is 39.8. The van der Waals surface area contributed by atoms with Crippen molar-refractivity contribution in [3.8, 4) is 0 Å². The van der Waals surface area contributed by atoms with Gasteiger partial charge in [-0.25, -0.2) is 35.1 Å². The lowest BCUT2D eigenvalue weighted by Gasteiger charge is -2.42. The summed E-state index contributed by atoms with van der Waals surface area (Å²) in [6.45, 7) is 85.5. The molecule has 0 heterocycles. The molecule has 0 aliphatic rings. The molecular formula is C86H180F8. The Bertz CT molecular complexity index is 1620. The summed E-state index contributed by atoms with van der Waals surface area (Å²) in [7, 11) is 0. The van der Waals surface area contributed by atoms with Crippen LogP contribution in [0.2, 0.25) is 0 Å². The molecule has 8 heteroatoms. The van der Waals surface area contributed by atoms with Crippen molar-refractivity contribution >= 4 is 0 Å². The van der Waals surface area contributed by atoms with Crippen LogP contribution in [0.25, 0.3) is 0 Å². The van der Waals surface area contributed by atoms with Gasteiger partial charge in [-0.1, -0.05) is 313 Å². The molecule has 0 rings (SSSR count). The Labute approximate surface area is 590 Å². The standard InChI is InChI=1S/3C12H25F.2C11H23F.2C10H21F.C8H17F/c1-8(2)11(9(3)4)12(7,13)10(5)6;1-7-8-12(6,13)11(9(2)3)10(4)5;1-6-10(7-2)12(5,13)11(8-3)9-4;1-7-10(5,8-2)11(6,12)9(3)4;1-6-9-11(5,12)10(4,7-2)8-3;1-6-9(7-2)10(5,11)8(3)4;1-5-8-10(4,11)9(6-2)7-3;1-6(2)8(5,9)7(3)4/h8-11H,1-7H3;9-11H,7-8H2,1-6H3;10-11H,6-9H2,1-5H3;9H,7-8H2,1-6H3;6-9H2,1-5H3;8-9H,6-7H2,1-5H3;9H,5-8H2,1-4H3;6-7H,1-5H3. The Hall–Kier alpha value is -0.560. The van der Waals surface area contributed by atoms with Gasteiger partial charge in [0.05, 0.1) is 0 Å². The average Bonchev–Trinajstić information content (AvgIpc) is 0.835. The van der Waals surface area contributed by atoms with Crippen molar-refractivity contribution < 1.29 is 35.1 Å². The topological polar surface area (TPSA) is 0 Å². The van der Waals surface area contributed by atoms with Gasteiger partial charge in [-0.2, -0.15) is 0 Å². The van der Waals surface area contributed by atoms with Gasteiger partial charge in [0.15, 0.2) is 0 Å². The molecule has 6 atom stereocenters. The summed E-state index contributed by atoms with van der Waals surface area (Å²) in [6.07, 6.45) is 16.2. The van der Waals surface area contributed by atoms with Crippen LogP contribution in [0.3, 0.4) is 0 Å². The van der Waals surface area contributed by atoms with E-state index in [-0.39, 0.29) is 75.9 Å². The number of hydrogen-bond donors (Lipinski definition) is 0. The molecule has 580 valence electrons. The Balaban J connectivity index is -0.000000150. The van der Waals surface area contributed by atoms with E-state index in [0.717, 1.165) is 96.3 Å². The summed E-state index contributed by atoms with van der Waals surface area (Å²) in [6, 6.07) is 0. The molecule has 0 amide bonds. The minimum Gasteiger partial charge on any atom is -0.244 e. The second kappa shape index (κ2) is 51.6. The first-order valence-corrected chi connectivity index (χ1v) is 39.8. The zero-order chi connectivity index (χ0) is 77.4. The number of rotatable bonds is 35. The Morgan fingerprint density at radius 3 is 0.617 bits per heavy atom. The van der Waals surface area contributed by atoms with E-state index in [1.165, 1.54) is 0 Å². The molecule has 0 fully saturated rings. The van der Waals surface area contributed by atoms with Crippen LogP contribution in [0.5, 0.6) is 0 Å². The molecule has 0 radical (unpaired) electrons. The van der Waals surface area contributed by atoms with Crippen molar-refractivity contribution in [3.63, 3.8) is 0 Å². The van der Waals surface area contributed by atoms with Crippen LogP contribution < -0.4 is 0 Å². The minimum atomic E-state index is -1.05. The van der Waals surface area contributed by atoms with Gasteiger partial charge in [-0.05, 0) is 189 Å². The van der Waals surface area contributed by atoms with Crippen LogP contribution >= 0.6 is 0 Å². The van der Waals surface area contributed by atoms with E-state index in [1.54, 1.807) is 55.4 Å². The van der Waals surface area contributed by atoms with Crippen LogP contribution in [-0.4, -0.2) is 45.4 Å². The number of alkyl halides is 8. The van der Waals surface area contributed by atoms with Crippen molar-refractivity contribution in [1.82, 2.24) is 0 Å². The Morgan fingerprint density at radius 1 is 0.234 bits per heavy atom. The van der Waals surface area contributed by atoms with E-state index in [2.05, 4.69) is 152 Å². The third kappa shape index (κ3) is 38.5. The molecule has 0 nitrogen and oxygen atoms in total. The van der Waals surface area contributed by atoms with Gasteiger partial charge in [-0.3, -0.25) is 0 Å². The van der Waals surface area contributed by atoms with Gasteiger partial charge in [0.25, 0.3) is 0 Å². The van der Waals surface area contributed by atoms with Gasteiger partial charge in [0, 0.05) is 10.8 Å². The average molecular weight is 1370 g/mol. The molecule has 0 aromatic carbocycles. The maximum Gasteiger partial charge on any atom is 0.115 e. The summed E-state index contributed by atoms with van der Waals surface area (Å²) in [5.74, 6) is 3.56. The molecule has 0 bridgehead atoms. The normalized spacial score (nSPS) is 16.4. The van der Waals surface area contributed by atoms with Gasteiger partial charge < -0.3 is 0 Å². The van der Waals surface area contributed by atoms with Crippen molar-refractivity contribution in [2.24, 2.45) is 99.6 Å². The molecule has 94 heavy (non-hydrogen) atoms. The van der Waals surface area contributed by atoms with E-state index in [9.17, 15) is 35.1 Å². The summed E-state index contributed by atoms with van der Waals surface area (Å²) in [5, 5.41) is 0. The fourth-order valence-corrected chi connectivity index (χ4v) is 15.2. The van der Waals surface area contributed by atoms with Crippen molar-refractivity contribution in [2.45, 2.75) is 459 Å². The van der Waals surface area contributed by atoms with E-state index in [1.807, 2.05) is 90.0 Å². The molecule has 0 saturated heterocycles. The predicted molar refractivity (Wildman–Crippen MR) is 415 cm³/mol. The monoisotopic (exact) mass is 1370 g/mol. The van der Waals surface area contributed by atoms with Gasteiger partial charge >= 0.3 is 0 Å². The van der Waals surface area contributed by atoms with Gasteiger partial charge in [0.1, 0.15) is 45.4 Å². The third-order valence-electron chi connectivity index (χ3n) is 24.8. The predicted octanol–water partition coefficient (Wildman–Crippen LogP) is 32.7. The summed E-state index contributed by atoms with van der Waals surface area (Å²) in [5.41, 5.74) is -8.25. The molecule has 0 aromatic rings. The molecule has 0 aliphatic carbocycles. The fourth-order valence-electron chi connectivity index (χ4n) is 15.2. The summed E-state index contributed by atoms with van der Waals surface area (Å²) < 4.78 is 112. The number of hydrogen-bond acceptors (Lipinski definition) is 0. The van der Waals surface area contributed by atoms with Crippen molar-refractivity contribution in [3.05, 3.63) is 0 Å². The maximum atomic E-state index is 14.4. The van der Waals surface area contributed by atoms with Crippen LogP contribution in [-0.2, 0) is 0 Å². The lowest BCUT2D eigenvalue weighted by molar-refractivity contribution is -0.0267. The highest BCUT2D eigenvalue weighted by atomic mass is 19.2. The molecule has 0 spiro atoms. The summed E-state index contributed by atoms with van der Waals surface area (Å²) >= 11 is 0. The van der Waals surface area contributed by atoms with E-state index in [4.69, 9.17) is 0 Å². The van der Waals surface area contributed by atoms with E-state index >= 15 is 0 Å². The second-order valence-corrected chi connectivity index (χ2v) is 34.1. The minimum absolute atomic E-state index is 0.0994. The molecule has 0 aromatic heterocycles. The smallest absolute Gasteiger partial charge is 0.115 e. The second-order valence-electron chi connectivity index (χ2n) is 34.1. The first-order chi connectivity index (χ1) is 42.2. The number of halogens is 8. The lowest BCUT2D eigenvalue weighted by atomic mass is 9.67. The first kappa shape index (κ1) is 109. The SMILES string of the molecule is CC(C)C(C(C)C)C(C)(F)C(C)C.CC(C)C(C)(F)C(C)C.CCC(C)(CC)C(C)(F)C(C)C.CCC(CC)C(C)(F)C(C)C.CCC(CC)C(C)(F)C(CC)CC.CCCC(C)(F)C(C(C)C)C(C)C.CCCC(C)(F)C(C)(CC)CC.CCCC(C)(F)C(CC)CC. The van der Waals surface area contributed by atoms with E-state index < -0.39 is 45.4 Å². The quantitative estimate of drug-likeness (QED) is 0.0555. The zero-order valence-electron chi connectivity index (χ0n) is 72.4. The highest BCUT2D eigenvalue weighted by molar-refractivity contribution is 4.95. The Morgan fingerprint density at radius 2 is 0.468 bits per heavy atom. The van der Waals surface area contributed by atoms with E-state index in [0.29, 0.717) is 42.9 Å². The Kier molecular flexibility index (Phi) is 60.0. The molecular weight excluding hydrogens is 1180 g/mol. The molecule has 0 aliphatic heterocycles. The molecule has 6 unspecified atom stereocenters. The molecule has 0 N–H and O–H groups in total. The van der Waals surface area contributed by atoms with Crippen LogP contribution in [0.15, 0.2) is 0 Å². The molecule has 0 saturated carbocycles.